The number of aromatic hydroxyl groups is 2. The number of hydrazone groups is 1. The molecule has 27 heteroatoms. The molecule has 0 atom stereocenters. The maximum Gasteiger partial charge on any atom is 0.325 e. The summed E-state index contributed by atoms with van der Waals surface area (Å²) in [7, 11) is -10.9. The minimum atomic E-state index is -5.61. The molecule has 0 aromatic heterocycles. The van der Waals surface area contributed by atoms with E-state index in [0.717, 1.165) is 36.4 Å². The van der Waals surface area contributed by atoms with Crippen molar-refractivity contribution in [1.82, 2.24) is 0 Å². The van der Waals surface area contributed by atoms with Gasteiger partial charge in [-0.1, -0.05) is 5.10 Å². The highest BCUT2D eigenvalue weighted by atomic mass is 32.2. The molecule has 7 N–H and O–H groups in total. The molecule has 0 bridgehead atoms. The Morgan fingerprint density at radius 1 is 0.764 bits per heavy atom. The van der Waals surface area contributed by atoms with E-state index in [0.29, 0.717) is 30.4 Å². The maximum absolute atomic E-state index is 13.2. The van der Waals surface area contributed by atoms with Gasteiger partial charge in [0.25, 0.3) is 37.4 Å². The number of anilines is 2. The lowest BCUT2D eigenvalue weighted by Crippen LogP contribution is -2.26. The van der Waals surface area contributed by atoms with Crippen molar-refractivity contribution in [3.63, 3.8) is 0 Å². The molecule has 0 unspecified atom stereocenters. The van der Waals surface area contributed by atoms with Gasteiger partial charge in [-0.2, -0.15) is 16.8 Å². The van der Waals surface area contributed by atoms with Gasteiger partial charge >= 0.3 is 5.70 Å². The number of nitro groups is 3. The number of nitrogens with zero attached hydrogens (tertiary/aromatic N) is 8. The number of hydrogen-bond donors (Lipinski definition) is 6. The van der Waals surface area contributed by atoms with Crippen LogP contribution in [0.1, 0.15) is 0 Å². The SMILES string of the molecule is Nc1cc(O)ccc1N=Nc1cc(S(=O)(=O)O)c([N+](N=C2C=C([N+](=O)[O-])C=C([N+](=O)[O-])C2=O)=NNc2ccc([N+](=O)[O-])cc2)c2cc(S(=O)(=O)O)cc(O)c12. The minimum absolute atomic E-state index is 0.100. The van der Waals surface area contributed by atoms with E-state index >= 15 is 0 Å². The molecule has 0 saturated carbocycles. The zero-order valence-electron chi connectivity index (χ0n) is 26.7. The summed E-state index contributed by atoms with van der Waals surface area (Å²) in [4.78, 5) is 42.0. The number of nitro benzene ring substituents is 1. The van der Waals surface area contributed by atoms with Crippen LogP contribution in [-0.2, 0) is 25.0 Å². The zero-order chi connectivity index (χ0) is 40.6. The number of nitrogens with two attached hydrogens (primary N) is 1. The van der Waals surface area contributed by atoms with E-state index in [1.807, 2.05) is 0 Å². The Morgan fingerprint density at radius 3 is 1.98 bits per heavy atom. The highest BCUT2D eigenvalue weighted by molar-refractivity contribution is 7.86. The number of hydrogen-bond acceptors (Lipinski definition) is 17. The molecule has 0 fully saturated rings. The molecule has 1 aliphatic carbocycles. The van der Waals surface area contributed by atoms with Gasteiger partial charge in [0.2, 0.25) is 5.69 Å². The van der Waals surface area contributed by atoms with Gasteiger partial charge in [0, 0.05) is 29.7 Å². The van der Waals surface area contributed by atoms with E-state index in [1.54, 1.807) is 0 Å². The number of carbonyl (C=O) groups excluding carboxylic acids is 1. The number of non-ortho nitro benzene ring substituents is 1. The van der Waals surface area contributed by atoms with Crippen molar-refractivity contribution in [2.45, 2.75) is 9.79 Å². The van der Waals surface area contributed by atoms with Gasteiger partial charge in [0.05, 0.1) is 48.6 Å². The number of allylic oxidation sites excluding steroid dienone is 3. The Balaban J connectivity index is 1.93. The Morgan fingerprint density at radius 2 is 1.42 bits per heavy atom. The summed E-state index contributed by atoms with van der Waals surface area (Å²) in [6.45, 7) is 0. The van der Waals surface area contributed by atoms with Crippen LogP contribution in [0.25, 0.3) is 10.8 Å². The fourth-order valence-electron chi connectivity index (χ4n) is 4.71. The van der Waals surface area contributed by atoms with Gasteiger partial charge in [-0.3, -0.25) is 44.2 Å². The number of nitrogens with one attached hydrogen (secondary N) is 1. The number of carbonyl (C=O) groups is 1. The van der Waals surface area contributed by atoms with Crippen LogP contribution in [0.5, 0.6) is 11.5 Å². The predicted molar refractivity (Wildman–Crippen MR) is 184 cm³/mol. The van der Waals surface area contributed by atoms with Crippen molar-refractivity contribution >= 4 is 76.6 Å². The standard InChI is InChI=1S/C28H18N10O15S2/c29-19-9-16(39)5-6-20(19)31-32-21-12-25(55(51,52)53)27(18-10-17(54(48,49)50)11-24(40)26(18)21)35(34-30-13-1-3-14(4-2-13)36(42)43)33-22-7-15(37(44)45)8-23(28(22)41)38(46)47/h1-12H,(H6,29,32,39,40,48,49,50,51,52,53)/p+1. The Hall–Kier alpha value is -7.62. The third-order valence-corrected chi connectivity index (χ3v) is 8.85. The Labute approximate surface area is 304 Å². The van der Waals surface area contributed by atoms with E-state index < -0.39 is 101 Å². The van der Waals surface area contributed by atoms with Gasteiger partial charge in [0.15, 0.2) is 5.71 Å². The Bertz CT molecular complexity index is 2760. The molecule has 0 radical (unpaired) electrons. The van der Waals surface area contributed by atoms with E-state index in [-0.39, 0.29) is 27.6 Å². The number of nitrogen functional groups attached to an aromatic ring is 1. The first-order valence-electron chi connectivity index (χ1n) is 14.3. The average Bonchev–Trinajstić information content (AvgIpc) is 3.09. The van der Waals surface area contributed by atoms with Crippen molar-refractivity contribution in [2.75, 3.05) is 11.2 Å². The fraction of sp³-hybridized carbons (Fsp3) is 0. The summed E-state index contributed by atoms with van der Waals surface area (Å²) < 4.78 is 71.0. The second-order valence-electron chi connectivity index (χ2n) is 10.7. The molecule has 0 amide bonds. The zero-order valence-corrected chi connectivity index (χ0v) is 28.3. The van der Waals surface area contributed by atoms with Crippen LogP contribution in [0.2, 0.25) is 0 Å². The number of phenolic OH excluding ortho intramolecular Hbond substituents is 2. The predicted octanol–water partition coefficient (Wildman–Crippen LogP) is 4.03. The molecular formula is C28H19N10O15S2+. The largest absolute Gasteiger partial charge is 0.508 e. The molecule has 55 heavy (non-hydrogen) atoms. The first-order valence-corrected chi connectivity index (χ1v) is 17.2. The van der Waals surface area contributed by atoms with Crippen LogP contribution >= 0.6 is 0 Å². The first-order chi connectivity index (χ1) is 25.6. The first kappa shape index (κ1) is 38.6. The summed E-state index contributed by atoms with van der Waals surface area (Å²) >= 11 is 0. The van der Waals surface area contributed by atoms with Gasteiger partial charge < -0.3 is 15.9 Å². The summed E-state index contributed by atoms with van der Waals surface area (Å²) in [5.74, 6) is -2.93. The third-order valence-electron chi connectivity index (χ3n) is 7.15. The topological polar surface area (TPSA) is 386 Å². The van der Waals surface area contributed by atoms with Crippen molar-refractivity contribution in [3.05, 3.63) is 115 Å². The molecule has 1 aliphatic rings. The van der Waals surface area contributed by atoms with Crippen LogP contribution in [-0.4, -0.2) is 67.2 Å². The third kappa shape index (κ3) is 8.23. The summed E-state index contributed by atoms with van der Waals surface area (Å²) in [5.41, 5.74) is 1.93. The van der Waals surface area contributed by atoms with Gasteiger partial charge in [-0.05, 0) is 41.2 Å². The molecule has 4 aromatic rings. The lowest BCUT2D eigenvalue weighted by molar-refractivity contribution is -0.518. The molecule has 4 aromatic carbocycles. The van der Waals surface area contributed by atoms with E-state index in [4.69, 9.17) is 5.73 Å². The molecule has 25 nitrogen and oxygen atoms in total. The highest BCUT2D eigenvalue weighted by Gasteiger charge is 2.37. The molecule has 282 valence electrons. The molecule has 5 rings (SSSR count). The van der Waals surface area contributed by atoms with Gasteiger partial charge in [-0.25, -0.2) is 0 Å². The second kappa shape index (κ2) is 14.4. The number of benzene rings is 4. The summed E-state index contributed by atoms with van der Waals surface area (Å²) in [6.07, 6.45) is 0.721. The molecule has 0 aliphatic heterocycles. The second-order valence-corrected chi connectivity index (χ2v) is 13.5. The number of Topliss-reactive ketones (excluding diaryl/α,β-unsaturated/α-hetero) is 1. The lowest BCUT2D eigenvalue weighted by Gasteiger charge is -2.13. The number of azo groups is 1. The van der Waals surface area contributed by atoms with Crippen molar-refractivity contribution in [1.29, 1.82) is 0 Å². The maximum atomic E-state index is 13.2. The van der Waals surface area contributed by atoms with E-state index in [2.05, 4.69) is 26.0 Å². The van der Waals surface area contributed by atoms with Crippen molar-refractivity contribution < 1.29 is 60.5 Å². The van der Waals surface area contributed by atoms with Gasteiger partial charge in [-0.15, -0.1) is 15.7 Å². The van der Waals surface area contributed by atoms with Crippen molar-refractivity contribution in [3.8, 4) is 11.5 Å². The van der Waals surface area contributed by atoms with E-state index in [1.165, 1.54) is 6.07 Å². The van der Waals surface area contributed by atoms with Gasteiger partial charge in [0.1, 0.15) is 33.0 Å². The smallest absolute Gasteiger partial charge is 0.325 e. The van der Waals surface area contributed by atoms with Crippen LogP contribution in [0.4, 0.5) is 34.1 Å². The molecule has 0 heterocycles. The quantitative estimate of drug-likeness (QED) is 0.0237. The van der Waals surface area contributed by atoms with Crippen molar-refractivity contribution in [2.24, 2.45) is 20.6 Å². The fourth-order valence-corrected chi connectivity index (χ4v) is 5.94. The number of phenols is 2. The Kier molecular flexibility index (Phi) is 10.1. The van der Waals surface area contributed by atoms with Crippen LogP contribution in [0, 0.1) is 30.3 Å². The highest BCUT2D eigenvalue weighted by Crippen LogP contribution is 2.45. The average molecular weight is 800 g/mol. The number of fused-ring (bicyclic) bond motifs is 1. The summed E-state index contributed by atoms with van der Waals surface area (Å²) in [5, 5.41) is 69.0. The lowest BCUT2D eigenvalue weighted by atomic mass is 10.1. The molecule has 0 spiro atoms. The molecule has 0 saturated heterocycles. The molecular weight excluding hydrogens is 780 g/mol. The van der Waals surface area contributed by atoms with Crippen LogP contribution in [0.3, 0.4) is 0 Å². The normalized spacial score (nSPS) is 14.5. The number of ketones is 1. The monoisotopic (exact) mass is 799 g/mol. The number of rotatable bonds is 11. The minimum Gasteiger partial charge on any atom is -0.508 e. The summed E-state index contributed by atoms with van der Waals surface area (Å²) in [6, 6.07) is 9.05. The van der Waals surface area contributed by atoms with Crippen LogP contribution in [0.15, 0.2) is 115 Å². The van der Waals surface area contributed by atoms with E-state index in [9.17, 15) is 71.3 Å². The van der Waals surface area contributed by atoms with Crippen LogP contribution < -0.4 is 11.2 Å².